The molecule has 54 heavy (non-hydrogen) atoms. The molecule has 0 radical (unpaired) electrons. The van der Waals surface area contributed by atoms with Crippen LogP contribution in [0.2, 0.25) is 0 Å². The Labute approximate surface area is 331 Å². The Kier molecular flexibility index (Phi) is 8.51. The second-order valence-electron chi connectivity index (χ2n) is 20.9. The molecule has 0 bridgehead atoms. The highest BCUT2D eigenvalue weighted by molar-refractivity contribution is 7.26. The van der Waals surface area contributed by atoms with Crippen molar-refractivity contribution in [1.29, 1.82) is 0 Å². The lowest BCUT2D eigenvalue weighted by atomic mass is 9.55. The second-order valence-corrected chi connectivity index (χ2v) is 21.9. The molecule has 1 unspecified atom stereocenters. The predicted octanol–water partition coefficient (Wildman–Crippen LogP) is 16.0. The third-order valence-corrected chi connectivity index (χ3v) is 17.7. The zero-order chi connectivity index (χ0) is 39.1. The van der Waals surface area contributed by atoms with Gasteiger partial charge in [-0.25, -0.2) is 0 Å². The van der Waals surface area contributed by atoms with Crippen LogP contribution in [0.4, 0.5) is 0 Å². The van der Waals surface area contributed by atoms with Crippen molar-refractivity contribution in [3.63, 3.8) is 0 Å². The van der Waals surface area contributed by atoms with E-state index in [1.165, 1.54) is 71.6 Å². The van der Waals surface area contributed by atoms with Crippen LogP contribution in [0.25, 0.3) is 42.1 Å². The van der Waals surface area contributed by atoms with Crippen molar-refractivity contribution in [2.45, 2.75) is 139 Å². The van der Waals surface area contributed by atoms with E-state index in [0.29, 0.717) is 23.7 Å². The largest absolute Gasteiger partial charge is 0.134 e. The quantitative estimate of drug-likeness (QED) is 0.163. The fraction of sp³-hybridized carbons (Fsp3) is 0.509. The minimum absolute atomic E-state index is 0.0251. The van der Waals surface area contributed by atoms with Gasteiger partial charge in [0, 0.05) is 31.2 Å². The van der Waals surface area contributed by atoms with Crippen LogP contribution in [0.3, 0.4) is 0 Å². The molecule has 0 amide bonds. The van der Waals surface area contributed by atoms with Crippen molar-refractivity contribution in [2.24, 2.45) is 34.5 Å². The van der Waals surface area contributed by atoms with Crippen molar-refractivity contribution in [3.8, 4) is 11.1 Å². The molecule has 0 aliphatic heterocycles. The van der Waals surface area contributed by atoms with E-state index in [2.05, 4.69) is 182 Å². The molecule has 5 aromatic rings. The highest BCUT2D eigenvalue weighted by Gasteiger charge is 2.52. The number of rotatable bonds is 6. The van der Waals surface area contributed by atoms with Crippen LogP contribution in [-0.2, 0) is 16.2 Å². The molecule has 3 aliphatic carbocycles. The minimum Gasteiger partial charge on any atom is -0.134 e. The van der Waals surface area contributed by atoms with Crippen LogP contribution in [0.1, 0.15) is 144 Å². The first-order chi connectivity index (χ1) is 25.2. The average molecular weight is 735 g/mol. The molecule has 0 fully saturated rings. The Hall–Kier alpha value is -3.16. The molecule has 1 spiro atoms. The number of allylic oxidation sites excluding steroid dienone is 4. The van der Waals surface area contributed by atoms with Gasteiger partial charge in [0.25, 0.3) is 0 Å². The van der Waals surface area contributed by atoms with Gasteiger partial charge in [-0.1, -0.05) is 169 Å². The van der Waals surface area contributed by atoms with Crippen molar-refractivity contribution in [2.75, 3.05) is 0 Å². The molecule has 1 heterocycles. The first-order valence-electron chi connectivity index (χ1n) is 21.2. The van der Waals surface area contributed by atoms with Gasteiger partial charge >= 0.3 is 0 Å². The molecule has 284 valence electrons. The van der Waals surface area contributed by atoms with Gasteiger partial charge in [-0.2, -0.15) is 0 Å². The SMILES string of the molecule is Cc1cc2c(c3c1sc1c4c(ccc13)C1(C=C(C(C)(C(C)C)C(C)C)C=C(C(C)(C(C)C)C(C)C)C1)c1c-4ccc3ccccc13)C(C)(C)CCC2(C)C. The fourth-order valence-corrected chi connectivity index (χ4v) is 13.0. The van der Waals surface area contributed by atoms with Crippen molar-refractivity contribution >= 4 is 42.3 Å². The van der Waals surface area contributed by atoms with Gasteiger partial charge in [0.1, 0.15) is 0 Å². The van der Waals surface area contributed by atoms with Crippen molar-refractivity contribution in [3.05, 3.63) is 106 Å². The van der Waals surface area contributed by atoms with Crippen LogP contribution in [-0.4, -0.2) is 0 Å². The number of aryl methyl sites for hydroxylation is 1. The van der Waals surface area contributed by atoms with E-state index in [-0.39, 0.29) is 27.1 Å². The van der Waals surface area contributed by atoms with Crippen molar-refractivity contribution in [1.82, 2.24) is 0 Å². The standard InChI is InChI=1S/C53H66S/c1-30(2)51(14,31(3)4)36-27-37(52(15,32(5)6)33(7)8)29-53(28-36)41-23-22-40-44-46-42(49(10,11)24-25-50(46,12)13)26-34(9)47(44)54-48(40)43(41)39-21-20-35-18-16-17-19-38(35)45(39)53/h16-23,26-28,30-33H,24-25,29H2,1-15H3. The summed E-state index contributed by atoms with van der Waals surface area (Å²) in [5.41, 5.74) is 13.9. The van der Waals surface area contributed by atoms with E-state index >= 15 is 0 Å². The van der Waals surface area contributed by atoms with Gasteiger partial charge in [-0.3, -0.25) is 0 Å². The Morgan fingerprint density at radius 3 is 1.93 bits per heavy atom. The first-order valence-corrected chi connectivity index (χ1v) is 22.0. The van der Waals surface area contributed by atoms with Crippen LogP contribution in [0.15, 0.2) is 77.9 Å². The Balaban J connectivity index is 1.55. The second kappa shape index (κ2) is 12.2. The minimum atomic E-state index is -0.263. The summed E-state index contributed by atoms with van der Waals surface area (Å²) in [6.45, 7) is 37.2. The predicted molar refractivity (Wildman–Crippen MR) is 239 cm³/mol. The van der Waals surface area contributed by atoms with Gasteiger partial charge < -0.3 is 0 Å². The Morgan fingerprint density at radius 2 is 1.28 bits per heavy atom. The zero-order valence-electron chi connectivity index (χ0n) is 36.2. The van der Waals surface area contributed by atoms with E-state index in [4.69, 9.17) is 0 Å². The maximum Gasteiger partial charge on any atom is 0.0444 e. The summed E-state index contributed by atoms with van der Waals surface area (Å²) < 4.78 is 2.98. The van der Waals surface area contributed by atoms with E-state index in [9.17, 15) is 0 Å². The molecule has 0 nitrogen and oxygen atoms in total. The van der Waals surface area contributed by atoms with Gasteiger partial charge in [-0.05, 0) is 121 Å². The number of benzene rings is 4. The normalized spacial score (nSPS) is 20.8. The van der Waals surface area contributed by atoms with Crippen LogP contribution in [0, 0.1) is 41.4 Å². The summed E-state index contributed by atoms with van der Waals surface area (Å²) in [6, 6.07) is 21.9. The first kappa shape index (κ1) is 37.7. The van der Waals surface area contributed by atoms with Gasteiger partial charge in [0.05, 0.1) is 0 Å². The lowest BCUT2D eigenvalue weighted by Crippen LogP contribution is -2.40. The molecular weight excluding hydrogens is 669 g/mol. The summed E-state index contributed by atoms with van der Waals surface area (Å²) in [4.78, 5) is 0. The lowest BCUT2D eigenvalue weighted by molar-refractivity contribution is 0.169. The highest BCUT2D eigenvalue weighted by Crippen LogP contribution is 2.64. The molecule has 8 rings (SSSR count). The molecule has 3 aliphatic rings. The van der Waals surface area contributed by atoms with E-state index in [1.54, 1.807) is 22.3 Å². The number of hydrogen-bond donors (Lipinski definition) is 0. The Morgan fingerprint density at radius 1 is 0.648 bits per heavy atom. The lowest BCUT2D eigenvalue weighted by Gasteiger charge is -2.49. The van der Waals surface area contributed by atoms with Gasteiger partial charge in [0.2, 0.25) is 0 Å². The summed E-state index contributed by atoms with van der Waals surface area (Å²) in [7, 11) is 0. The molecular formula is C53H66S. The smallest absolute Gasteiger partial charge is 0.0444 e. The van der Waals surface area contributed by atoms with Crippen LogP contribution in [0.5, 0.6) is 0 Å². The van der Waals surface area contributed by atoms with Crippen molar-refractivity contribution < 1.29 is 0 Å². The molecule has 1 atom stereocenters. The topological polar surface area (TPSA) is 0 Å². The number of hydrogen-bond acceptors (Lipinski definition) is 1. The van der Waals surface area contributed by atoms with Crippen LogP contribution < -0.4 is 0 Å². The molecule has 1 aromatic heterocycles. The Bertz CT molecular complexity index is 2400. The summed E-state index contributed by atoms with van der Waals surface area (Å²) >= 11 is 2.08. The molecule has 4 aromatic carbocycles. The third-order valence-electron chi connectivity index (χ3n) is 16.3. The maximum absolute atomic E-state index is 2.81. The number of thiophene rings is 1. The summed E-state index contributed by atoms with van der Waals surface area (Å²) in [5.74, 6) is 2.04. The molecule has 1 heteroatoms. The third kappa shape index (κ3) is 4.91. The monoisotopic (exact) mass is 734 g/mol. The van der Waals surface area contributed by atoms with Gasteiger partial charge in [0.15, 0.2) is 0 Å². The summed E-state index contributed by atoms with van der Waals surface area (Å²) in [5, 5.41) is 5.77. The molecule has 0 N–H and O–H groups in total. The number of fused-ring (bicyclic) bond motifs is 13. The summed E-state index contributed by atoms with van der Waals surface area (Å²) in [6.07, 6.45) is 9.01. The highest BCUT2D eigenvalue weighted by atomic mass is 32.1. The van der Waals surface area contributed by atoms with Gasteiger partial charge in [-0.15, -0.1) is 11.3 Å². The maximum atomic E-state index is 2.81. The van der Waals surface area contributed by atoms with E-state index in [1.807, 2.05) is 0 Å². The fourth-order valence-electron chi connectivity index (χ4n) is 11.7. The van der Waals surface area contributed by atoms with Crippen LogP contribution >= 0.6 is 11.3 Å². The molecule has 0 saturated heterocycles. The van der Waals surface area contributed by atoms with E-state index < -0.39 is 0 Å². The van der Waals surface area contributed by atoms with E-state index in [0.717, 1.165) is 6.42 Å². The molecule has 0 saturated carbocycles. The average Bonchev–Trinajstić information content (AvgIpc) is 3.63. The zero-order valence-corrected chi connectivity index (χ0v) is 37.0.